The Kier molecular flexibility index (Phi) is 3.08. The molecule has 98 valence electrons. The molecule has 0 bridgehead atoms. The van der Waals surface area contributed by atoms with Gasteiger partial charge in [-0.2, -0.15) is 0 Å². The van der Waals surface area contributed by atoms with Gasteiger partial charge in [0.25, 0.3) is 0 Å². The van der Waals surface area contributed by atoms with Gasteiger partial charge in [-0.1, -0.05) is 6.42 Å². The molecule has 1 heterocycles. The Balaban J connectivity index is 2.00. The lowest BCUT2D eigenvalue weighted by molar-refractivity contribution is 0.0263. The van der Waals surface area contributed by atoms with Gasteiger partial charge in [0.1, 0.15) is 5.60 Å². The SMILES string of the molecule is CC(C)(C)OC(=O)N1CC2CCCC2(CF)C1. The van der Waals surface area contributed by atoms with Crippen molar-refractivity contribution in [1.82, 2.24) is 4.90 Å². The molecule has 17 heavy (non-hydrogen) atoms. The molecule has 0 aromatic rings. The van der Waals surface area contributed by atoms with Gasteiger partial charge in [-0.3, -0.25) is 4.39 Å². The van der Waals surface area contributed by atoms with Crippen molar-refractivity contribution in [1.29, 1.82) is 0 Å². The number of ether oxygens (including phenoxy) is 1. The molecule has 0 radical (unpaired) electrons. The van der Waals surface area contributed by atoms with Gasteiger partial charge in [0.05, 0.1) is 6.67 Å². The molecule has 1 aliphatic heterocycles. The van der Waals surface area contributed by atoms with Crippen molar-refractivity contribution in [2.24, 2.45) is 11.3 Å². The van der Waals surface area contributed by atoms with E-state index in [0.29, 0.717) is 19.0 Å². The molecule has 2 aliphatic rings. The highest BCUT2D eigenvalue weighted by Gasteiger charge is 2.51. The van der Waals surface area contributed by atoms with E-state index in [2.05, 4.69) is 0 Å². The predicted octanol–water partition coefficient (Wildman–Crippen LogP) is 2.99. The van der Waals surface area contributed by atoms with E-state index in [1.54, 1.807) is 4.90 Å². The van der Waals surface area contributed by atoms with Crippen molar-refractivity contribution in [3.63, 3.8) is 0 Å². The van der Waals surface area contributed by atoms with Crippen LogP contribution in [0.1, 0.15) is 40.0 Å². The number of amides is 1. The quantitative estimate of drug-likeness (QED) is 0.708. The number of alkyl halides is 1. The Morgan fingerprint density at radius 1 is 1.53 bits per heavy atom. The normalized spacial score (nSPS) is 32.7. The van der Waals surface area contributed by atoms with Crippen molar-refractivity contribution in [3.05, 3.63) is 0 Å². The molecule has 2 rings (SSSR count). The Morgan fingerprint density at radius 3 is 2.76 bits per heavy atom. The van der Waals surface area contributed by atoms with Crippen LogP contribution in [0, 0.1) is 11.3 Å². The fourth-order valence-corrected chi connectivity index (χ4v) is 3.10. The van der Waals surface area contributed by atoms with Crippen LogP contribution >= 0.6 is 0 Å². The first-order valence-corrected chi connectivity index (χ1v) is 6.40. The zero-order valence-corrected chi connectivity index (χ0v) is 11.0. The Bertz CT molecular complexity index is 313. The smallest absolute Gasteiger partial charge is 0.410 e. The summed E-state index contributed by atoms with van der Waals surface area (Å²) in [6.07, 6.45) is 2.76. The summed E-state index contributed by atoms with van der Waals surface area (Å²) < 4.78 is 18.6. The lowest BCUT2D eigenvalue weighted by atomic mass is 9.82. The maximum absolute atomic E-state index is 13.2. The molecule has 4 heteroatoms. The van der Waals surface area contributed by atoms with E-state index in [0.717, 1.165) is 19.3 Å². The van der Waals surface area contributed by atoms with Crippen molar-refractivity contribution in [2.45, 2.75) is 45.6 Å². The highest BCUT2D eigenvalue weighted by atomic mass is 19.1. The highest BCUT2D eigenvalue weighted by molar-refractivity contribution is 5.68. The fourth-order valence-electron chi connectivity index (χ4n) is 3.10. The molecule has 1 saturated carbocycles. The van der Waals surface area contributed by atoms with Crippen LogP contribution in [0.5, 0.6) is 0 Å². The van der Waals surface area contributed by atoms with Crippen LogP contribution in [0.3, 0.4) is 0 Å². The molecule has 2 fully saturated rings. The Hall–Kier alpha value is -0.800. The van der Waals surface area contributed by atoms with Crippen LogP contribution < -0.4 is 0 Å². The Labute approximate surface area is 102 Å². The summed E-state index contributed by atoms with van der Waals surface area (Å²) in [6.45, 7) is 6.45. The summed E-state index contributed by atoms with van der Waals surface area (Å²) >= 11 is 0. The Morgan fingerprint density at radius 2 is 2.24 bits per heavy atom. The number of halogens is 1. The van der Waals surface area contributed by atoms with Crippen molar-refractivity contribution in [2.75, 3.05) is 19.8 Å². The molecule has 3 nitrogen and oxygen atoms in total. The number of nitrogens with zero attached hydrogens (tertiary/aromatic N) is 1. The minimum Gasteiger partial charge on any atom is -0.444 e. The molecular weight excluding hydrogens is 221 g/mol. The molecule has 1 saturated heterocycles. The van der Waals surface area contributed by atoms with Crippen LogP contribution in [-0.2, 0) is 4.74 Å². The van der Waals surface area contributed by atoms with E-state index in [1.165, 1.54) is 0 Å². The molecule has 0 aromatic carbocycles. The predicted molar refractivity (Wildman–Crippen MR) is 63.6 cm³/mol. The summed E-state index contributed by atoms with van der Waals surface area (Å²) in [5, 5.41) is 0. The summed E-state index contributed by atoms with van der Waals surface area (Å²) in [4.78, 5) is 13.6. The molecule has 0 N–H and O–H groups in total. The van der Waals surface area contributed by atoms with E-state index in [-0.39, 0.29) is 18.2 Å². The summed E-state index contributed by atoms with van der Waals surface area (Å²) in [7, 11) is 0. The van der Waals surface area contributed by atoms with Crippen molar-refractivity contribution >= 4 is 6.09 Å². The lowest BCUT2D eigenvalue weighted by Gasteiger charge is -2.27. The minimum atomic E-state index is -0.475. The van der Waals surface area contributed by atoms with Crippen molar-refractivity contribution < 1.29 is 13.9 Å². The number of carbonyl (C=O) groups is 1. The van der Waals surface area contributed by atoms with Gasteiger partial charge in [0.2, 0.25) is 0 Å². The van der Waals surface area contributed by atoms with E-state index in [1.807, 2.05) is 20.8 Å². The van der Waals surface area contributed by atoms with E-state index in [9.17, 15) is 9.18 Å². The number of carbonyl (C=O) groups excluding carboxylic acids is 1. The van der Waals surface area contributed by atoms with Crippen LogP contribution in [0.25, 0.3) is 0 Å². The van der Waals surface area contributed by atoms with Gasteiger partial charge < -0.3 is 9.64 Å². The highest BCUT2D eigenvalue weighted by Crippen LogP contribution is 2.49. The van der Waals surface area contributed by atoms with Crippen LogP contribution in [0.2, 0.25) is 0 Å². The second-order valence-electron chi connectivity index (χ2n) is 6.45. The number of rotatable bonds is 1. The average molecular weight is 243 g/mol. The molecule has 2 atom stereocenters. The van der Waals surface area contributed by atoms with Gasteiger partial charge in [0, 0.05) is 18.5 Å². The molecule has 1 aliphatic carbocycles. The van der Waals surface area contributed by atoms with Crippen LogP contribution in [0.15, 0.2) is 0 Å². The third-order valence-corrected chi connectivity index (χ3v) is 3.96. The largest absolute Gasteiger partial charge is 0.444 e. The third kappa shape index (κ3) is 2.40. The van der Waals surface area contributed by atoms with Crippen LogP contribution in [-0.4, -0.2) is 36.4 Å². The lowest BCUT2D eigenvalue weighted by Crippen LogP contribution is -2.37. The first-order chi connectivity index (χ1) is 7.86. The third-order valence-electron chi connectivity index (χ3n) is 3.96. The molecule has 0 aromatic heterocycles. The number of hydrogen-bond acceptors (Lipinski definition) is 2. The number of hydrogen-bond donors (Lipinski definition) is 0. The van der Waals surface area contributed by atoms with Gasteiger partial charge in [0.15, 0.2) is 0 Å². The van der Waals surface area contributed by atoms with Gasteiger partial charge >= 0.3 is 6.09 Å². The van der Waals surface area contributed by atoms with Crippen molar-refractivity contribution in [3.8, 4) is 0 Å². The van der Waals surface area contributed by atoms with Gasteiger partial charge in [-0.15, -0.1) is 0 Å². The second-order valence-corrected chi connectivity index (χ2v) is 6.45. The first kappa shape index (κ1) is 12.7. The topological polar surface area (TPSA) is 29.5 Å². The maximum Gasteiger partial charge on any atom is 0.410 e. The monoisotopic (exact) mass is 243 g/mol. The standard InChI is InChI=1S/C13H22FNO2/c1-12(2,3)17-11(16)15-7-10-5-4-6-13(10,8-14)9-15/h10H,4-9H2,1-3H3. The minimum absolute atomic E-state index is 0.267. The molecule has 2 unspecified atom stereocenters. The number of fused-ring (bicyclic) bond motifs is 1. The summed E-state index contributed by atoms with van der Waals surface area (Å²) in [5.74, 6) is 0.333. The summed E-state index contributed by atoms with van der Waals surface area (Å²) in [5.41, 5.74) is -0.742. The van der Waals surface area contributed by atoms with Gasteiger partial charge in [-0.05, 0) is 39.5 Å². The maximum atomic E-state index is 13.2. The first-order valence-electron chi connectivity index (χ1n) is 6.40. The molecular formula is C13H22FNO2. The van der Waals surface area contributed by atoms with E-state index in [4.69, 9.17) is 4.74 Å². The van der Waals surface area contributed by atoms with Gasteiger partial charge in [-0.25, -0.2) is 4.79 Å². The number of likely N-dealkylation sites (tertiary alicyclic amines) is 1. The zero-order valence-electron chi connectivity index (χ0n) is 11.0. The van der Waals surface area contributed by atoms with E-state index < -0.39 is 5.60 Å². The summed E-state index contributed by atoms with van der Waals surface area (Å²) in [6, 6.07) is 0. The van der Waals surface area contributed by atoms with Crippen LogP contribution in [0.4, 0.5) is 9.18 Å². The molecule has 0 spiro atoms. The molecule has 1 amide bonds. The zero-order chi connectivity index (χ0) is 12.7. The fraction of sp³-hybridized carbons (Fsp3) is 0.923. The second kappa shape index (κ2) is 4.14. The van der Waals surface area contributed by atoms with E-state index >= 15 is 0 Å². The average Bonchev–Trinajstić information content (AvgIpc) is 2.70.